The number of hydrogen-bond donors (Lipinski definition) is 1. The normalized spacial score (nSPS) is 10.8. The average molecular weight is 327 g/mol. The molecule has 6 heteroatoms. The summed E-state index contributed by atoms with van der Waals surface area (Å²) in [7, 11) is 0. The van der Waals surface area contributed by atoms with Gasteiger partial charge < -0.3 is 5.32 Å². The van der Waals surface area contributed by atoms with Crippen LogP contribution in [0.25, 0.3) is 10.6 Å². The quantitative estimate of drug-likeness (QED) is 0.829. The third-order valence-corrected chi connectivity index (χ3v) is 3.88. The first-order valence-electron chi connectivity index (χ1n) is 5.93. The second-order valence-electron chi connectivity index (χ2n) is 3.85. The summed E-state index contributed by atoms with van der Waals surface area (Å²) in [6, 6.07) is 2.01. The van der Waals surface area contributed by atoms with E-state index in [0.717, 1.165) is 46.0 Å². The molecule has 0 saturated heterocycles. The maximum absolute atomic E-state index is 4.22. The molecule has 0 radical (unpaired) electrons. The van der Waals surface area contributed by atoms with Crippen molar-refractivity contribution >= 4 is 27.3 Å². The van der Waals surface area contributed by atoms with Crippen molar-refractivity contribution in [3.63, 3.8) is 0 Å². The minimum absolute atomic E-state index is 0.933. The molecule has 4 nitrogen and oxygen atoms in total. The molecule has 0 amide bonds. The third kappa shape index (κ3) is 3.83. The van der Waals surface area contributed by atoms with Crippen LogP contribution in [0.15, 0.2) is 22.9 Å². The van der Waals surface area contributed by atoms with Crippen molar-refractivity contribution in [3.8, 4) is 10.6 Å². The Kier molecular flexibility index (Phi) is 5.22. The summed E-state index contributed by atoms with van der Waals surface area (Å²) in [6.07, 6.45) is 5.65. The average Bonchev–Trinajstić information content (AvgIpc) is 2.83. The van der Waals surface area contributed by atoms with Crippen LogP contribution < -0.4 is 5.32 Å². The van der Waals surface area contributed by atoms with E-state index in [4.69, 9.17) is 0 Å². The van der Waals surface area contributed by atoms with Gasteiger partial charge >= 0.3 is 0 Å². The van der Waals surface area contributed by atoms with Gasteiger partial charge in [0.1, 0.15) is 10.0 Å². The molecule has 0 bridgehead atoms. The Morgan fingerprint density at radius 3 is 3.00 bits per heavy atom. The first-order valence-corrected chi connectivity index (χ1v) is 7.54. The van der Waals surface area contributed by atoms with Crippen LogP contribution in [-0.2, 0) is 6.42 Å². The molecule has 18 heavy (non-hydrogen) atoms. The Hall–Kier alpha value is -0.850. The lowest BCUT2D eigenvalue weighted by molar-refractivity contribution is 0.669. The van der Waals surface area contributed by atoms with Gasteiger partial charge in [0.2, 0.25) is 0 Å². The van der Waals surface area contributed by atoms with Gasteiger partial charge in [-0.15, -0.1) is 10.2 Å². The molecule has 0 unspecified atom stereocenters. The minimum atomic E-state index is 0.933. The number of pyridine rings is 1. The van der Waals surface area contributed by atoms with Gasteiger partial charge in [-0.2, -0.15) is 0 Å². The van der Waals surface area contributed by atoms with E-state index in [9.17, 15) is 0 Å². The molecule has 2 aromatic heterocycles. The molecule has 0 fully saturated rings. The van der Waals surface area contributed by atoms with Crippen molar-refractivity contribution in [1.82, 2.24) is 20.5 Å². The first kappa shape index (κ1) is 13.6. The van der Waals surface area contributed by atoms with Crippen LogP contribution in [0.2, 0.25) is 0 Å². The number of nitrogens with zero attached hydrogens (tertiary/aromatic N) is 3. The fourth-order valence-corrected chi connectivity index (χ4v) is 2.77. The van der Waals surface area contributed by atoms with Gasteiger partial charge in [-0.05, 0) is 41.5 Å². The highest BCUT2D eigenvalue weighted by Gasteiger charge is 2.07. The molecule has 2 aromatic rings. The van der Waals surface area contributed by atoms with Crippen molar-refractivity contribution in [3.05, 3.63) is 27.9 Å². The smallest absolute Gasteiger partial charge is 0.149 e. The number of halogens is 1. The molecule has 0 atom stereocenters. The predicted molar refractivity (Wildman–Crippen MR) is 77.7 cm³/mol. The lowest BCUT2D eigenvalue weighted by atomic mass is 10.3. The number of hydrogen-bond acceptors (Lipinski definition) is 5. The SMILES string of the molecule is CCNCCCc1nnc(-c2cncc(Br)c2)s1. The highest BCUT2D eigenvalue weighted by atomic mass is 79.9. The Labute approximate surface area is 119 Å². The van der Waals surface area contributed by atoms with Gasteiger partial charge in [-0.3, -0.25) is 4.98 Å². The molecule has 0 aliphatic rings. The van der Waals surface area contributed by atoms with Crippen LogP contribution >= 0.6 is 27.3 Å². The van der Waals surface area contributed by atoms with E-state index >= 15 is 0 Å². The molecule has 0 saturated carbocycles. The zero-order valence-corrected chi connectivity index (χ0v) is 12.6. The second kappa shape index (κ2) is 6.92. The number of rotatable bonds is 6. The largest absolute Gasteiger partial charge is 0.317 e. The summed E-state index contributed by atoms with van der Waals surface area (Å²) < 4.78 is 0.962. The summed E-state index contributed by atoms with van der Waals surface area (Å²) in [4.78, 5) is 4.14. The van der Waals surface area contributed by atoms with Crippen molar-refractivity contribution in [2.75, 3.05) is 13.1 Å². The van der Waals surface area contributed by atoms with E-state index in [-0.39, 0.29) is 0 Å². The van der Waals surface area contributed by atoms with Crippen LogP contribution in [-0.4, -0.2) is 28.3 Å². The monoisotopic (exact) mass is 326 g/mol. The molecular weight excluding hydrogens is 312 g/mol. The van der Waals surface area contributed by atoms with Crippen molar-refractivity contribution in [2.24, 2.45) is 0 Å². The van der Waals surface area contributed by atoms with Crippen molar-refractivity contribution in [1.29, 1.82) is 0 Å². The molecular formula is C12H15BrN4S. The van der Waals surface area contributed by atoms with E-state index in [2.05, 4.69) is 43.4 Å². The van der Waals surface area contributed by atoms with Crippen LogP contribution in [0.4, 0.5) is 0 Å². The molecule has 0 spiro atoms. The van der Waals surface area contributed by atoms with Crippen LogP contribution in [0.1, 0.15) is 18.4 Å². The lowest BCUT2D eigenvalue weighted by Gasteiger charge is -1.97. The highest BCUT2D eigenvalue weighted by Crippen LogP contribution is 2.25. The molecule has 0 aliphatic heterocycles. The third-order valence-electron chi connectivity index (χ3n) is 2.41. The molecule has 2 heterocycles. The standard InChI is InChI=1S/C12H15BrN4S/c1-2-14-5-3-4-11-16-17-12(18-11)9-6-10(13)8-15-7-9/h6-8,14H,2-5H2,1H3. The highest BCUT2D eigenvalue weighted by molar-refractivity contribution is 9.10. The Morgan fingerprint density at radius 2 is 2.22 bits per heavy atom. The zero-order valence-electron chi connectivity index (χ0n) is 10.2. The van der Waals surface area contributed by atoms with E-state index in [1.165, 1.54) is 0 Å². The molecule has 2 rings (SSSR count). The zero-order chi connectivity index (χ0) is 12.8. The summed E-state index contributed by atoms with van der Waals surface area (Å²) in [5.41, 5.74) is 1.01. The summed E-state index contributed by atoms with van der Waals surface area (Å²) in [5.74, 6) is 0. The van der Waals surface area contributed by atoms with E-state index in [1.54, 1.807) is 17.5 Å². The van der Waals surface area contributed by atoms with Gasteiger partial charge in [-0.1, -0.05) is 18.3 Å². The van der Waals surface area contributed by atoms with E-state index in [0.29, 0.717) is 0 Å². The summed E-state index contributed by atoms with van der Waals surface area (Å²) in [5, 5.41) is 13.8. The van der Waals surface area contributed by atoms with Gasteiger partial charge in [0.15, 0.2) is 0 Å². The molecule has 96 valence electrons. The molecule has 0 aliphatic carbocycles. The van der Waals surface area contributed by atoms with Crippen LogP contribution in [0.5, 0.6) is 0 Å². The van der Waals surface area contributed by atoms with Gasteiger partial charge in [0.25, 0.3) is 0 Å². The number of nitrogens with one attached hydrogen (secondary N) is 1. The lowest BCUT2D eigenvalue weighted by Crippen LogP contribution is -2.14. The minimum Gasteiger partial charge on any atom is -0.317 e. The van der Waals surface area contributed by atoms with E-state index in [1.807, 2.05) is 12.3 Å². The van der Waals surface area contributed by atoms with Crippen molar-refractivity contribution in [2.45, 2.75) is 19.8 Å². The van der Waals surface area contributed by atoms with Crippen molar-refractivity contribution < 1.29 is 0 Å². The summed E-state index contributed by atoms with van der Waals surface area (Å²) >= 11 is 5.05. The second-order valence-corrected chi connectivity index (χ2v) is 5.83. The van der Waals surface area contributed by atoms with Gasteiger partial charge in [0, 0.05) is 28.9 Å². The van der Waals surface area contributed by atoms with Crippen LogP contribution in [0, 0.1) is 0 Å². The summed E-state index contributed by atoms with van der Waals surface area (Å²) in [6.45, 7) is 4.16. The van der Waals surface area contributed by atoms with E-state index < -0.39 is 0 Å². The fourth-order valence-electron chi connectivity index (χ4n) is 1.54. The van der Waals surface area contributed by atoms with Gasteiger partial charge in [0.05, 0.1) is 0 Å². The predicted octanol–water partition coefficient (Wildman–Crippen LogP) is 2.90. The Balaban J connectivity index is 1.97. The Bertz CT molecular complexity index is 500. The fraction of sp³-hybridized carbons (Fsp3) is 0.417. The van der Waals surface area contributed by atoms with Gasteiger partial charge in [-0.25, -0.2) is 0 Å². The molecule has 1 N–H and O–H groups in total. The maximum atomic E-state index is 4.22. The number of aromatic nitrogens is 3. The first-order chi connectivity index (χ1) is 8.79. The topological polar surface area (TPSA) is 50.7 Å². The van der Waals surface area contributed by atoms with Crippen LogP contribution in [0.3, 0.4) is 0 Å². The maximum Gasteiger partial charge on any atom is 0.149 e. The Morgan fingerprint density at radius 1 is 1.33 bits per heavy atom. The number of aryl methyl sites for hydroxylation is 1. The molecule has 0 aromatic carbocycles.